The van der Waals surface area contributed by atoms with E-state index in [9.17, 15) is 14.9 Å². The molecule has 6 nitrogen and oxygen atoms in total. The average molecular weight is 291 g/mol. The van der Waals surface area contributed by atoms with Crippen molar-refractivity contribution in [1.82, 2.24) is 4.90 Å². The van der Waals surface area contributed by atoms with Crippen molar-refractivity contribution >= 4 is 17.3 Å². The Morgan fingerprint density at radius 3 is 2.67 bits per heavy atom. The maximum absolute atomic E-state index is 12.6. The van der Waals surface area contributed by atoms with Gasteiger partial charge in [0, 0.05) is 19.6 Å². The van der Waals surface area contributed by atoms with Crippen molar-refractivity contribution in [1.29, 1.82) is 0 Å². The van der Waals surface area contributed by atoms with E-state index in [1.54, 1.807) is 23.1 Å². The molecule has 6 heteroatoms. The van der Waals surface area contributed by atoms with Crippen LogP contribution in [0.15, 0.2) is 18.2 Å². The topological polar surface area (TPSA) is 75.5 Å². The molecule has 1 aromatic carbocycles. The predicted molar refractivity (Wildman–Crippen MR) is 81.6 cm³/mol. The van der Waals surface area contributed by atoms with Crippen LogP contribution in [0.1, 0.15) is 37.0 Å². The lowest BCUT2D eigenvalue weighted by atomic mass is 9.98. The molecule has 0 aromatic heterocycles. The number of nitro groups is 1. The Morgan fingerprint density at radius 1 is 1.43 bits per heavy atom. The summed E-state index contributed by atoms with van der Waals surface area (Å²) < 4.78 is 0. The smallest absolute Gasteiger partial charge is 0.305 e. The van der Waals surface area contributed by atoms with Crippen LogP contribution in [-0.4, -0.2) is 35.4 Å². The number of carbonyl (C=O) groups is 1. The van der Waals surface area contributed by atoms with Gasteiger partial charge in [-0.1, -0.05) is 13.0 Å². The van der Waals surface area contributed by atoms with Gasteiger partial charge in [0.05, 0.1) is 4.92 Å². The minimum absolute atomic E-state index is 0.122. The van der Waals surface area contributed by atoms with E-state index in [1.165, 1.54) is 0 Å². The molecule has 21 heavy (non-hydrogen) atoms. The number of rotatable bonds is 4. The number of carbonyl (C=O) groups excluding carboxylic acids is 1. The second-order valence-electron chi connectivity index (χ2n) is 5.46. The van der Waals surface area contributed by atoms with Crippen LogP contribution in [-0.2, 0) is 0 Å². The molecule has 0 bridgehead atoms. The standard InChI is InChI=1S/C15H21N3O3/c1-3-16-13-6-4-5-12(14(13)18(20)21)15(19)17-9-7-11(2)8-10-17/h4-6,11,16H,3,7-10H2,1-2H3. The number of para-hydroxylation sites is 1. The van der Waals surface area contributed by atoms with Crippen LogP contribution >= 0.6 is 0 Å². The fourth-order valence-electron chi connectivity index (χ4n) is 2.63. The molecule has 1 aliphatic rings. The second kappa shape index (κ2) is 6.56. The van der Waals surface area contributed by atoms with Crippen molar-refractivity contribution in [3.63, 3.8) is 0 Å². The number of amides is 1. The Labute approximate surface area is 124 Å². The molecule has 1 fully saturated rings. The molecule has 0 spiro atoms. The van der Waals surface area contributed by atoms with Crippen LogP contribution in [0.25, 0.3) is 0 Å². The number of benzene rings is 1. The number of piperidine rings is 1. The van der Waals surface area contributed by atoms with Gasteiger partial charge in [-0.15, -0.1) is 0 Å². The molecule has 2 rings (SSSR count). The minimum Gasteiger partial charge on any atom is -0.380 e. The quantitative estimate of drug-likeness (QED) is 0.683. The highest BCUT2D eigenvalue weighted by Gasteiger charge is 2.29. The Kier molecular flexibility index (Phi) is 4.77. The van der Waals surface area contributed by atoms with E-state index in [4.69, 9.17) is 0 Å². The van der Waals surface area contributed by atoms with Gasteiger partial charge in [0.25, 0.3) is 5.91 Å². The predicted octanol–water partition coefficient (Wildman–Crippen LogP) is 2.90. The monoisotopic (exact) mass is 291 g/mol. The van der Waals surface area contributed by atoms with Gasteiger partial charge in [0.1, 0.15) is 11.3 Å². The van der Waals surface area contributed by atoms with Gasteiger partial charge >= 0.3 is 5.69 Å². The average Bonchev–Trinajstić information content (AvgIpc) is 2.47. The number of anilines is 1. The Balaban J connectivity index is 2.32. The zero-order valence-corrected chi connectivity index (χ0v) is 12.5. The number of likely N-dealkylation sites (tertiary alicyclic amines) is 1. The van der Waals surface area contributed by atoms with Gasteiger partial charge < -0.3 is 10.2 Å². The van der Waals surface area contributed by atoms with Crippen molar-refractivity contribution in [2.75, 3.05) is 25.0 Å². The second-order valence-corrected chi connectivity index (χ2v) is 5.46. The van der Waals surface area contributed by atoms with Crippen molar-refractivity contribution in [2.45, 2.75) is 26.7 Å². The van der Waals surface area contributed by atoms with Crippen molar-refractivity contribution < 1.29 is 9.72 Å². The van der Waals surface area contributed by atoms with Gasteiger partial charge in [-0.3, -0.25) is 14.9 Å². The number of nitrogens with one attached hydrogen (secondary N) is 1. The molecule has 1 aromatic rings. The summed E-state index contributed by atoms with van der Waals surface area (Å²) in [5, 5.41) is 14.3. The molecular weight excluding hydrogens is 270 g/mol. The van der Waals surface area contributed by atoms with E-state index in [0.29, 0.717) is 31.2 Å². The number of hydrogen-bond donors (Lipinski definition) is 1. The maximum atomic E-state index is 12.6. The Bertz CT molecular complexity index is 537. The molecule has 1 saturated heterocycles. The third-order valence-electron chi connectivity index (χ3n) is 3.89. The van der Waals surface area contributed by atoms with Crippen LogP contribution < -0.4 is 5.32 Å². The highest BCUT2D eigenvalue weighted by atomic mass is 16.6. The lowest BCUT2D eigenvalue weighted by molar-refractivity contribution is -0.384. The molecule has 0 atom stereocenters. The van der Waals surface area contributed by atoms with E-state index in [2.05, 4.69) is 12.2 Å². The normalized spacial score (nSPS) is 15.8. The summed E-state index contributed by atoms with van der Waals surface area (Å²) in [7, 11) is 0. The van der Waals surface area contributed by atoms with Crippen LogP contribution in [0.3, 0.4) is 0 Å². The summed E-state index contributed by atoms with van der Waals surface area (Å²) in [5.74, 6) is 0.366. The number of hydrogen-bond acceptors (Lipinski definition) is 4. The SMILES string of the molecule is CCNc1cccc(C(=O)N2CCC(C)CC2)c1[N+](=O)[O-]. The molecule has 0 aliphatic carbocycles. The van der Waals surface area contributed by atoms with Crippen LogP contribution in [0.4, 0.5) is 11.4 Å². The number of nitrogens with zero attached hydrogens (tertiary/aromatic N) is 2. The van der Waals surface area contributed by atoms with Gasteiger partial charge in [0.15, 0.2) is 0 Å². The molecule has 1 aliphatic heterocycles. The highest BCUT2D eigenvalue weighted by Crippen LogP contribution is 2.30. The maximum Gasteiger partial charge on any atom is 0.305 e. The summed E-state index contributed by atoms with van der Waals surface area (Å²) in [4.78, 5) is 25.2. The van der Waals surface area contributed by atoms with E-state index >= 15 is 0 Å². The van der Waals surface area contributed by atoms with E-state index in [1.807, 2.05) is 6.92 Å². The molecule has 1 N–H and O–H groups in total. The minimum atomic E-state index is -0.474. The van der Waals surface area contributed by atoms with Gasteiger partial charge in [-0.25, -0.2) is 0 Å². The van der Waals surface area contributed by atoms with Crippen LogP contribution in [0, 0.1) is 16.0 Å². The first-order valence-electron chi connectivity index (χ1n) is 7.35. The lowest BCUT2D eigenvalue weighted by Gasteiger charge is -2.30. The fourth-order valence-corrected chi connectivity index (χ4v) is 2.63. The Morgan fingerprint density at radius 2 is 2.10 bits per heavy atom. The van der Waals surface area contributed by atoms with Gasteiger partial charge in [-0.05, 0) is 37.8 Å². The van der Waals surface area contributed by atoms with Crippen molar-refractivity contribution in [3.05, 3.63) is 33.9 Å². The van der Waals surface area contributed by atoms with E-state index in [-0.39, 0.29) is 17.2 Å². The molecular formula is C15H21N3O3. The highest BCUT2D eigenvalue weighted by molar-refractivity contribution is 6.00. The first-order valence-corrected chi connectivity index (χ1v) is 7.35. The van der Waals surface area contributed by atoms with Crippen molar-refractivity contribution in [3.8, 4) is 0 Å². The summed E-state index contributed by atoms with van der Waals surface area (Å²) >= 11 is 0. The third-order valence-corrected chi connectivity index (χ3v) is 3.89. The molecule has 0 radical (unpaired) electrons. The molecule has 0 saturated carbocycles. The van der Waals surface area contributed by atoms with Crippen molar-refractivity contribution in [2.24, 2.45) is 5.92 Å². The number of nitro benzene ring substituents is 1. The summed E-state index contributed by atoms with van der Waals surface area (Å²) in [6, 6.07) is 4.86. The van der Waals surface area contributed by atoms with E-state index < -0.39 is 4.92 Å². The van der Waals surface area contributed by atoms with Crippen LogP contribution in [0.2, 0.25) is 0 Å². The lowest BCUT2D eigenvalue weighted by Crippen LogP contribution is -2.38. The first-order chi connectivity index (χ1) is 10.0. The fraction of sp³-hybridized carbons (Fsp3) is 0.533. The van der Waals surface area contributed by atoms with Crippen LogP contribution in [0.5, 0.6) is 0 Å². The summed E-state index contributed by atoms with van der Waals surface area (Å²) in [5.41, 5.74) is 0.453. The zero-order valence-electron chi connectivity index (χ0n) is 12.5. The first kappa shape index (κ1) is 15.3. The zero-order chi connectivity index (χ0) is 15.4. The van der Waals surface area contributed by atoms with Gasteiger partial charge in [-0.2, -0.15) is 0 Å². The third kappa shape index (κ3) is 3.32. The van der Waals surface area contributed by atoms with Gasteiger partial charge in [0.2, 0.25) is 0 Å². The molecule has 0 unspecified atom stereocenters. The Hall–Kier alpha value is -2.11. The summed E-state index contributed by atoms with van der Waals surface area (Å²) in [6.07, 6.45) is 1.90. The molecule has 114 valence electrons. The largest absolute Gasteiger partial charge is 0.380 e. The summed E-state index contributed by atoms with van der Waals surface area (Å²) in [6.45, 7) is 5.94. The molecule has 1 heterocycles. The van der Waals surface area contributed by atoms with E-state index in [0.717, 1.165) is 12.8 Å². The molecule has 1 amide bonds.